The smallest absolute Gasteiger partial charge is 0.321 e. The number of aromatic nitrogens is 5. The Labute approximate surface area is 102 Å². The van der Waals surface area contributed by atoms with Crippen molar-refractivity contribution < 1.29 is 4.74 Å². The number of anilines is 1. The van der Waals surface area contributed by atoms with Gasteiger partial charge in [-0.3, -0.25) is 0 Å². The van der Waals surface area contributed by atoms with Gasteiger partial charge in [-0.2, -0.15) is 15.0 Å². The van der Waals surface area contributed by atoms with Gasteiger partial charge in [-0.25, -0.2) is 9.97 Å². The summed E-state index contributed by atoms with van der Waals surface area (Å²) >= 11 is 1.24. The van der Waals surface area contributed by atoms with Gasteiger partial charge in [-0.05, 0) is 17.8 Å². The summed E-state index contributed by atoms with van der Waals surface area (Å²) < 4.78 is 4.98. The fourth-order valence-corrected chi connectivity index (χ4v) is 1.65. The lowest BCUT2D eigenvalue weighted by molar-refractivity contribution is 0.374. The van der Waals surface area contributed by atoms with Crippen LogP contribution in [-0.4, -0.2) is 39.1 Å². The summed E-state index contributed by atoms with van der Waals surface area (Å²) in [6, 6.07) is 2.00. The zero-order valence-electron chi connectivity index (χ0n) is 9.28. The van der Waals surface area contributed by atoms with Crippen LogP contribution in [0.2, 0.25) is 0 Å². The molecule has 0 aliphatic rings. The molecule has 0 unspecified atom stereocenters. The quantitative estimate of drug-likeness (QED) is 0.800. The highest BCUT2D eigenvalue weighted by atomic mass is 32.2. The van der Waals surface area contributed by atoms with Gasteiger partial charge in [0.05, 0.1) is 7.11 Å². The van der Waals surface area contributed by atoms with Crippen molar-refractivity contribution in [2.45, 2.75) is 10.3 Å². The molecule has 0 radical (unpaired) electrons. The normalized spacial score (nSPS) is 10.0. The first kappa shape index (κ1) is 11.5. The van der Waals surface area contributed by atoms with E-state index in [1.807, 2.05) is 0 Å². The van der Waals surface area contributed by atoms with Crippen molar-refractivity contribution in [2.24, 2.45) is 0 Å². The van der Waals surface area contributed by atoms with E-state index in [-0.39, 0.29) is 6.01 Å². The monoisotopic (exact) mass is 250 g/mol. The molecular weight excluding hydrogens is 240 g/mol. The van der Waals surface area contributed by atoms with Gasteiger partial charge >= 0.3 is 6.01 Å². The minimum atomic E-state index is 0.253. The van der Waals surface area contributed by atoms with Gasteiger partial charge in [0.25, 0.3) is 0 Å². The average Bonchev–Trinajstić information content (AvgIpc) is 2.39. The maximum Gasteiger partial charge on any atom is 0.321 e. The summed E-state index contributed by atoms with van der Waals surface area (Å²) in [5, 5.41) is 3.88. The molecule has 0 aliphatic carbocycles. The molecule has 2 aromatic heterocycles. The number of nitrogens with zero attached hydrogens (tertiary/aromatic N) is 5. The second kappa shape index (κ2) is 5.39. The Bertz CT molecular complexity index is 472. The van der Waals surface area contributed by atoms with Crippen molar-refractivity contribution in [2.75, 3.05) is 19.5 Å². The molecule has 2 rings (SSSR count). The second-order valence-electron chi connectivity index (χ2n) is 2.81. The lowest BCUT2D eigenvalue weighted by Gasteiger charge is -2.04. The predicted octanol–water partition coefficient (Wildman–Crippen LogP) is 0.863. The first-order valence-electron chi connectivity index (χ1n) is 4.74. The van der Waals surface area contributed by atoms with E-state index in [2.05, 4.69) is 30.2 Å². The molecule has 0 spiro atoms. The Morgan fingerprint density at radius 3 is 2.53 bits per heavy atom. The fraction of sp³-hybridized carbons (Fsp3) is 0.222. The number of nitrogens with one attached hydrogen (secondary N) is 1. The molecule has 0 aromatic carbocycles. The van der Waals surface area contributed by atoms with Gasteiger partial charge in [0.2, 0.25) is 11.1 Å². The van der Waals surface area contributed by atoms with Gasteiger partial charge in [0.1, 0.15) is 0 Å². The Kier molecular flexibility index (Phi) is 3.66. The third-order valence-corrected chi connectivity index (χ3v) is 2.48. The molecule has 0 bridgehead atoms. The molecule has 8 heteroatoms. The maximum atomic E-state index is 4.98. The maximum absolute atomic E-state index is 4.98. The fourth-order valence-electron chi connectivity index (χ4n) is 1.01. The molecule has 0 fully saturated rings. The second-order valence-corrected chi connectivity index (χ2v) is 3.75. The highest BCUT2D eigenvalue weighted by Gasteiger charge is 2.08. The van der Waals surface area contributed by atoms with Gasteiger partial charge in [0, 0.05) is 19.4 Å². The molecule has 7 nitrogen and oxygen atoms in total. The zero-order chi connectivity index (χ0) is 12.1. The highest BCUT2D eigenvalue weighted by molar-refractivity contribution is 7.99. The van der Waals surface area contributed by atoms with E-state index in [0.29, 0.717) is 16.3 Å². The van der Waals surface area contributed by atoms with Crippen LogP contribution in [0.3, 0.4) is 0 Å². The molecule has 0 saturated carbocycles. The van der Waals surface area contributed by atoms with Crippen LogP contribution < -0.4 is 10.1 Å². The van der Waals surface area contributed by atoms with Crippen LogP contribution in [0, 0.1) is 0 Å². The summed E-state index contributed by atoms with van der Waals surface area (Å²) in [5.41, 5.74) is 0. The number of rotatable bonds is 4. The Hall–Kier alpha value is -1.96. The van der Waals surface area contributed by atoms with Crippen molar-refractivity contribution in [1.29, 1.82) is 0 Å². The predicted molar refractivity (Wildman–Crippen MR) is 62.1 cm³/mol. The molecule has 0 atom stereocenters. The first-order chi connectivity index (χ1) is 8.31. The number of ether oxygens (including phenoxy) is 1. The van der Waals surface area contributed by atoms with E-state index in [0.717, 1.165) is 0 Å². The van der Waals surface area contributed by atoms with Crippen LogP contribution in [0.5, 0.6) is 6.01 Å². The van der Waals surface area contributed by atoms with Gasteiger partial charge in [-0.1, -0.05) is 0 Å². The van der Waals surface area contributed by atoms with Crippen LogP contribution in [0.4, 0.5) is 5.95 Å². The van der Waals surface area contributed by atoms with Gasteiger partial charge < -0.3 is 10.1 Å². The Morgan fingerprint density at radius 1 is 1.12 bits per heavy atom. The Balaban J connectivity index is 2.26. The van der Waals surface area contributed by atoms with Crippen molar-refractivity contribution in [3.63, 3.8) is 0 Å². The molecule has 0 aliphatic heterocycles. The largest absolute Gasteiger partial charge is 0.467 e. The van der Waals surface area contributed by atoms with E-state index < -0.39 is 0 Å². The molecule has 2 aromatic rings. The summed E-state index contributed by atoms with van der Waals surface area (Å²) in [4.78, 5) is 20.4. The molecule has 17 heavy (non-hydrogen) atoms. The lowest BCUT2D eigenvalue weighted by Crippen LogP contribution is -2.02. The Morgan fingerprint density at radius 2 is 1.88 bits per heavy atom. The van der Waals surface area contributed by atoms with E-state index in [1.165, 1.54) is 18.9 Å². The minimum absolute atomic E-state index is 0.253. The third kappa shape index (κ3) is 3.00. The zero-order valence-corrected chi connectivity index (χ0v) is 10.1. The van der Waals surface area contributed by atoms with Crippen molar-refractivity contribution in [1.82, 2.24) is 24.9 Å². The minimum Gasteiger partial charge on any atom is -0.467 e. The molecule has 1 N–H and O–H groups in total. The van der Waals surface area contributed by atoms with Crippen LogP contribution in [0.15, 0.2) is 28.8 Å². The van der Waals surface area contributed by atoms with Crippen molar-refractivity contribution in [3.05, 3.63) is 18.5 Å². The van der Waals surface area contributed by atoms with Crippen LogP contribution >= 0.6 is 11.8 Å². The van der Waals surface area contributed by atoms with Crippen LogP contribution in [-0.2, 0) is 0 Å². The van der Waals surface area contributed by atoms with Crippen LogP contribution in [0.1, 0.15) is 0 Å². The molecule has 0 amide bonds. The van der Waals surface area contributed by atoms with Crippen molar-refractivity contribution >= 4 is 17.7 Å². The number of methoxy groups -OCH3 is 1. The van der Waals surface area contributed by atoms with Gasteiger partial charge in [0.15, 0.2) is 5.16 Å². The standard InChI is InChI=1S/C9H10N6OS/c1-10-6-13-7(16-2)15-9(14-6)17-8-11-4-3-5-12-8/h3-5H,1-2H3,(H,10,13,14,15). The summed E-state index contributed by atoms with van der Waals surface area (Å²) in [7, 11) is 3.23. The van der Waals surface area contributed by atoms with Crippen LogP contribution in [0.25, 0.3) is 0 Å². The van der Waals surface area contributed by atoms with E-state index in [1.54, 1.807) is 25.5 Å². The van der Waals surface area contributed by atoms with Gasteiger partial charge in [-0.15, -0.1) is 0 Å². The molecule has 0 saturated heterocycles. The topological polar surface area (TPSA) is 85.7 Å². The van der Waals surface area contributed by atoms with E-state index >= 15 is 0 Å². The first-order valence-corrected chi connectivity index (χ1v) is 5.56. The summed E-state index contributed by atoms with van der Waals surface area (Å²) in [6.45, 7) is 0. The SMILES string of the molecule is CNc1nc(OC)nc(Sc2ncccn2)n1. The van der Waals surface area contributed by atoms with E-state index in [4.69, 9.17) is 4.74 Å². The van der Waals surface area contributed by atoms with E-state index in [9.17, 15) is 0 Å². The number of hydrogen-bond acceptors (Lipinski definition) is 8. The average molecular weight is 250 g/mol. The molecular formula is C9H10N6OS. The summed E-state index contributed by atoms with van der Waals surface area (Å²) in [5.74, 6) is 0.440. The summed E-state index contributed by atoms with van der Waals surface area (Å²) in [6.07, 6.45) is 3.32. The molecule has 2 heterocycles. The molecule has 88 valence electrons. The number of hydrogen-bond donors (Lipinski definition) is 1. The van der Waals surface area contributed by atoms with Crippen molar-refractivity contribution in [3.8, 4) is 6.01 Å². The lowest BCUT2D eigenvalue weighted by atomic mass is 10.7. The third-order valence-electron chi connectivity index (χ3n) is 1.73. The highest BCUT2D eigenvalue weighted by Crippen LogP contribution is 2.22.